The highest BCUT2D eigenvalue weighted by Crippen LogP contribution is 2.45. The molecule has 0 saturated carbocycles. The Balaban J connectivity index is 2.67. The fourth-order valence-electron chi connectivity index (χ4n) is 7.58. The molecule has 1 fully saturated rings. The van der Waals surface area contributed by atoms with Gasteiger partial charge in [0.15, 0.2) is 6.79 Å². The van der Waals surface area contributed by atoms with E-state index in [2.05, 4.69) is 115 Å². The first-order chi connectivity index (χ1) is 20.9. The molecule has 0 bridgehead atoms. The predicted molar refractivity (Wildman–Crippen MR) is 190 cm³/mol. The molecule has 1 heterocycles. The summed E-state index contributed by atoms with van der Waals surface area (Å²) in [7, 11) is -0.757. The predicted octanol–water partition coefficient (Wildman–Crippen LogP) is 9.98. The Morgan fingerprint density at radius 3 is 1.82 bits per heavy atom. The third kappa shape index (κ3) is 8.91. The zero-order chi connectivity index (χ0) is 34.4. The first kappa shape index (κ1) is 39.2. The van der Waals surface area contributed by atoms with Crippen molar-refractivity contribution in [3.8, 4) is 0 Å². The van der Waals surface area contributed by atoms with Gasteiger partial charge in [-0.05, 0) is 63.6 Å². The second-order valence-electron chi connectivity index (χ2n) is 14.8. The molecule has 256 valence electrons. The monoisotopic (exact) mass is 643 g/mol. The minimum atomic E-state index is -2.33. The number of amides is 1. The van der Waals surface area contributed by atoms with E-state index in [1.807, 2.05) is 11.0 Å². The third-order valence-corrected chi connectivity index (χ3v) is 15.8. The quantitative estimate of drug-likeness (QED) is 0.0690. The topological polar surface area (TPSA) is 57.2 Å². The SMILES string of the molecule is C=C[C@H](O[Si](C(C)C)(C(C)C)C(C)C)[C@H]1[C@@H](O[C@H](C)c2c(C(C)C)cc(C(C)C)cc2C(C)C)CC(=O)N1CC(=C)OCOC. The highest BCUT2D eigenvalue weighted by atomic mass is 28.4. The number of likely N-dealkylation sites (tertiary alicyclic amines) is 1. The van der Waals surface area contributed by atoms with E-state index in [-0.39, 0.29) is 37.8 Å². The van der Waals surface area contributed by atoms with E-state index in [0.717, 1.165) is 0 Å². The molecule has 1 saturated heterocycles. The third-order valence-electron chi connectivity index (χ3n) is 9.74. The Morgan fingerprint density at radius 1 is 0.911 bits per heavy atom. The summed E-state index contributed by atoms with van der Waals surface area (Å²) < 4.78 is 25.2. The molecule has 0 aliphatic carbocycles. The minimum Gasteiger partial charge on any atom is -0.471 e. The lowest BCUT2D eigenvalue weighted by molar-refractivity contribution is -0.130. The molecule has 1 aromatic rings. The van der Waals surface area contributed by atoms with Crippen molar-refractivity contribution in [1.82, 2.24) is 4.90 Å². The first-order valence-corrected chi connectivity index (χ1v) is 19.3. The number of hydrogen-bond donors (Lipinski definition) is 0. The largest absolute Gasteiger partial charge is 0.471 e. The molecule has 0 spiro atoms. The highest BCUT2D eigenvalue weighted by molar-refractivity contribution is 6.77. The van der Waals surface area contributed by atoms with E-state index in [1.54, 1.807) is 7.11 Å². The molecule has 4 atom stereocenters. The van der Waals surface area contributed by atoms with Gasteiger partial charge in [-0.3, -0.25) is 4.79 Å². The molecule has 0 radical (unpaired) electrons. The van der Waals surface area contributed by atoms with Crippen molar-refractivity contribution in [2.75, 3.05) is 20.4 Å². The van der Waals surface area contributed by atoms with Gasteiger partial charge in [-0.1, -0.05) is 108 Å². The molecule has 2 rings (SSSR count). The van der Waals surface area contributed by atoms with Crippen molar-refractivity contribution in [2.24, 2.45) is 0 Å². The number of carbonyl (C=O) groups excluding carboxylic acids is 1. The maximum absolute atomic E-state index is 13.8. The molecule has 1 amide bonds. The molecule has 6 nitrogen and oxygen atoms in total. The van der Waals surface area contributed by atoms with Gasteiger partial charge in [-0.15, -0.1) is 6.58 Å². The van der Waals surface area contributed by atoms with Gasteiger partial charge in [0.2, 0.25) is 14.2 Å². The van der Waals surface area contributed by atoms with Crippen LogP contribution < -0.4 is 0 Å². The van der Waals surface area contributed by atoms with E-state index >= 15 is 0 Å². The number of nitrogens with zero attached hydrogens (tertiary/aromatic N) is 1. The summed E-state index contributed by atoms with van der Waals surface area (Å²) in [5.41, 5.74) is 6.37. The Bertz CT molecular complexity index is 1090. The molecular weight excluding hydrogens is 579 g/mol. The van der Waals surface area contributed by atoms with E-state index in [0.29, 0.717) is 40.1 Å². The average molecular weight is 644 g/mol. The van der Waals surface area contributed by atoms with Gasteiger partial charge in [0.1, 0.15) is 5.76 Å². The summed E-state index contributed by atoms with van der Waals surface area (Å²) in [4.78, 5) is 15.7. The Kier molecular flexibility index (Phi) is 14.6. The normalized spacial score (nSPS) is 19.1. The van der Waals surface area contributed by atoms with Gasteiger partial charge in [-0.2, -0.15) is 0 Å². The van der Waals surface area contributed by atoms with Crippen LogP contribution in [0, 0.1) is 0 Å². The van der Waals surface area contributed by atoms with Crippen molar-refractivity contribution in [3.63, 3.8) is 0 Å². The zero-order valence-electron chi connectivity index (χ0n) is 31.0. The van der Waals surface area contributed by atoms with Gasteiger partial charge >= 0.3 is 0 Å². The van der Waals surface area contributed by atoms with Crippen LogP contribution in [0.3, 0.4) is 0 Å². The summed E-state index contributed by atoms with van der Waals surface area (Å²) >= 11 is 0. The molecule has 45 heavy (non-hydrogen) atoms. The molecule has 1 aliphatic rings. The summed E-state index contributed by atoms with van der Waals surface area (Å²) in [5, 5.41) is 0. The summed E-state index contributed by atoms with van der Waals surface area (Å²) in [6.45, 7) is 38.0. The lowest BCUT2D eigenvalue weighted by Gasteiger charge is -2.46. The van der Waals surface area contributed by atoms with Gasteiger partial charge < -0.3 is 23.5 Å². The maximum Gasteiger partial charge on any atom is 0.226 e. The van der Waals surface area contributed by atoms with E-state index < -0.39 is 20.5 Å². The van der Waals surface area contributed by atoms with Crippen LogP contribution in [0.5, 0.6) is 0 Å². The lowest BCUT2D eigenvalue weighted by Crippen LogP contribution is -2.56. The van der Waals surface area contributed by atoms with E-state index in [4.69, 9.17) is 18.6 Å². The number of methoxy groups -OCH3 is 1. The summed E-state index contributed by atoms with van der Waals surface area (Å²) in [6.07, 6.45) is 1.13. The van der Waals surface area contributed by atoms with Gasteiger partial charge in [-0.25, -0.2) is 0 Å². The molecule has 0 unspecified atom stereocenters. The van der Waals surface area contributed by atoms with Crippen LogP contribution in [0.2, 0.25) is 16.6 Å². The van der Waals surface area contributed by atoms with Crippen molar-refractivity contribution >= 4 is 14.2 Å². The molecule has 0 aromatic heterocycles. The Hall–Kier alpha value is -1.93. The number of carbonyl (C=O) groups is 1. The number of benzene rings is 1. The van der Waals surface area contributed by atoms with Crippen molar-refractivity contribution in [2.45, 2.75) is 155 Å². The van der Waals surface area contributed by atoms with Crippen LogP contribution in [0.1, 0.15) is 143 Å². The summed E-state index contributed by atoms with van der Waals surface area (Å²) in [6, 6.07) is 4.35. The molecule has 0 N–H and O–H groups in total. The van der Waals surface area contributed by atoms with Crippen LogP contribution in [-0.4, -0.2) is 57.8 Å². The number of ether oxygens (including phenoxy) is 3. The van der Waals surface area contributed by atoms with Gasteiger partial charge in [0.05, 0.1) is 37.3 Å². The van der Waals surface area contributed by atoms with Crippen molar-refractivity contribution in [1.29, 1.82) is 0 Å². The van der Waals surface area contributed by atoms with Crippen LogP contribution >= 0.6 is 0 Å². The molecule has 7 heteroatoms. The fraction of sp³-hybridized carbons (Fsp3) is 0.711. The lowest BCUT2D eigenvalue weighted by atomic mass is 9.82. The van der Waals surface area contributed by atoms with Crippen molar-refractivity contribution < 1.29 is 23.4 Å². The van der Waals surface area contributed by atoms with Crippen LogP contribution in [0.25, 0.3) is 0 Å². The first-order valence-electron chi connectivity index (χ1n) is 17.2. The fourth-order valence-corrected chi connectivity index (χ4v) is 13.1. The van der Waals surface area contributed by atoms with Crippen LogP contribution in [0.4, 0.5) is 0 Å². The second kappa shape index (κ2) is 16.8. The number of rotatable bonds is 18. The Morgan fingerprint density at radius 2 is 1.42 bits per heavy atom. The standard InChI is InChI=1S/C38H65NO5Si/c1-17-34(44-45(26(8)9,27(10)11)28(12)13)38-35(20-36(40)39(38)21-29(14)42-22-41-16)43-30(15)37-32(24(4)5)18-31(23(2)3)19-33(37)25(6)7/h17-19,23-28,30,34-35,38H,1,14,20-22H2,2-13,15-16H3/t30-,34+,35+,38+/m1/s1. The van der Waals surface area contributed by atoms with Gasteiger partial charge in [0, 0.05) is 7.11 Å². The zero-order valence-corrected chi connectivity index (χ0v) is 32.0. The Labute approximate surface area is 277 Å². The second-order valence-corrected chi connectivity index (χ2v) is 20.2. The van der Waals surface area contributed by atoms with Crippen LogP contribution in [0.15, 0.2) is 37.1 Å². The molecule has 1 aromatic carbocycles. The molecule has 1 aliphatic heterocycles. The van der Waals surface area contributed by atoms with Crippen molar-refractivity contribution in [3.05, 3.63) is 59.4 Å². The van der Waals surface area contributed by atoms with Crippen LogP contribution in [-0.2, 0) is 23.4 Å². The van der Waals surface area contributed by atoms with Gasteiger partial charge in [0.25, 0.3) is 0 Å². The molecular formula is C38H65NO5Si. The minimum absolute atomic E-state index is 0.00375. The maximum atomic E-state index is 13.8. The van der Waals surface area contributed by atoms with E-state index in [1.165, 1.54) is 22.3 Å². The number of hydrogen-bond acceptors (Lipinski definition) is 5. The summed E-state index contributed by atoms with van der Waals surface area (Å²) in [5.74, 6) is 1.58. The smallest absolute Gasteiger partial charge is 0.226 e. The van der Waals surface area contributed by atoms with E-state index in [9.17, 15) is 4.79 Å². The average Bonchev–Trinajstić information content (AvgIpc) is 3.24. The highest BCUT2D eigenvalue weighted by Gasteiger charge is 2.52.